The fourth-order valence-electron chi connectivity index (χ4n) is 4.50. The van der Waals surface area contributed by atoms with Crippen LogP contribution in [0.3, 0.4) is 0 Å². The van der Waals surface area contributed by atoms with Crippen molar-refractivity contribution in [2.45, 2.75) is 57.9 Å². The number of hydrogen-bond donors (Lipinski definition) is 1. The Balaban J connectivity index is 1.51. The molecule has 1 aromatic rings. The van der Waals surface area contributed by atoms with Gasteiger partial charge in [-0.2, -0.15) is 4.31 Å². The lowest BCUT2D eigenvalue weighted by Crippen LogP contribution is -2.56. The van der Waals surface area contributed by atoms with Gasteiger partial charge in [-0.05, 0) is 30.7 Å². The molecular weight excluding hydrogens is 386 g/mol. The van der Waals surface area contributed by atoms with Crippen LogP contribution in [0.2, 0.25) is 0 Å². The summed E-state index contributed by atoms with van der Waals surface area (Å²) in [5.41, 5.74) is 0.804. The number of rotatable bonds is 6. The highest BCUT2D eigenvalue weighted by Gasteiger charge is 2.33. The highest BCUT2D eigenvalue weighted by molar-refractivity contribution is 7.88. The third-order valence-electron chi connectivity index (χ3n) is 6.82. The number of carbonyl (C=O) groups is 1. The molecule has 1 heterocycles. The van der Waals surface area contributed by atoms with Gasteiger partial charge in [0, 0.05) is 32.2 Å². The molecule has 6 nitrogen and oxygen atoms in total. The molecule has 1 aliphatic carbocycles. The monoisotopic (exact) mass is 421 g/mol. The maximum atomic E-state index is 12.8. The van der Waals surface area contributed by atoms with Gasteiger partial charge >= 0.3 is 0 Å². The van der Waals surface area contributed by atoms with Crippen molar-refractivity contribution in [2.24, 2.45) is 11.8 Å². The van der Waals surface area contributed by atoms with Gasteiger partial charge < -0.3 is 5.32 Å². The van der Waals surface area contributed by atoms with E-state index in [1.165, 1.54) is 12.8 Å². The Hall–Kier alpha value is -1.44. The Labute approximate surface area is 175 Å². The van der Waals surface area contributed by atoms with E-state index >= 15 is 0 Å². The number of benzene rings is 1. The van der Waals surface area contributed by atoms with Gasteiger partial charge in [0.1, 0.15) is 0 Å². The van der Waals surface area contributed by atoms with Crippen molar-refractivity contribution in [1.29, 1.82) is 0 Å². The van der Waals surface area contributed by atoms with Gasteiger partial charge in [0.25, 0.3) is 0 Å². The molecule has 4 atom stereocenters. The van der Waals surface area contributed by atoms with E-state index in [1.54, 1.807) is 4.31 Å². The first-order valence-corrected chi connectivity index (χ1v) is 12.4. The fraction of sp³-hybridized carbons (Fsp3) is 0.682. The fourth-order valence-corrected chi connectivity index (χ4v) is 6.02. The minimum Gasteiger partial charge on any atom is -0.352 e. The van der Waals surface area contributed by atoms with Crippen LogP contribution in [-0.4, -0.2) is 61.8 Å². The number of piperazine rings is 1. The predicted octanol–water partition coefficient (Wildman–Crippen LogP) is 2.46. The summed E-state index contributed by atoms with van der Waals surface area (Å²) in [6.45, 7) is 8.46. The van der Waals surface area contributed by atoms with Crippen molar-refractivity contribution in [3.8, 4) is 0 Å². The predicted molar refractivity (Wildman–Crippen MR) is 116 cm³/mol. The minimum atomic E-state index is -3.34. The Kier molecular flexibility index (Phi) is 7.35. The van der Waals surface area contributed by atoms with Crippen LogP contribution in [-0.2, 0) is 20.6 Å². The second-order valence-electron chi connectivity index (χ2n) is 8.74. The third-order valence-corrected chi connectivity index (χ3v) is 8.67. The lowest BCUT2D eigenvalue weighted by Gasteiger charge is -2.39. The molecule has 1 saturated heterocycles. The Bertz CT molecular complexity index is 776. The summed E-state index contributed by atoms with van der Waals surface area (Å²) in [5.74, 6) is 1.24. The van der Waals surface area contributed by atoms with E-state index in [2.05, 4.69) is 24.1 Å². The first-order chi connectivity index (χ1) is 13.8. The van der Waals surface area contributed by atoms with Gasteiger partial charge in [-0.1, -0.05) is 57.0 Å². The molecule has 29 heavy (non-hydrogen) atoms. The molecule has 1 aliphatic heterocycles. The molecule has 7 heteroatoms. The van der Waals surface area contributed by atoms with E-state index in [0.717, 1.165) is 12.0 Å². The smallest absolute Gasteiger partial charge is 0.237 e. The summed E-state index contributed by atoms with van der Waals surface area (Å²) in [5, 5.41) is 3.26. The quantitative estimate of drug-likeness (QED) is 0.766. The summed E-state index contributed by atoms with van der Waals surface area (Å²) in [7, 11) is -3.34. The number of amides is 1. The van der Waals surface area contributed by atoms with E-state index in [4.69, 9.17) is 0 Å². The van der Waals surface area contributed by atoms with E-state index in [9.17, 15) is 13.2 Å². The molecule has 0 aromatic heterocycles. The first kappa shape index (κ1) is 22.2. The zero-order valence-electron chi connectivity index (χ0n) is 17.9. The number of nitrogens with zero attached hydrogens (tertiary/aromatic N) is 2. The van der Waals surface area contributed by atoms with Crippen LogP contribution >= 0.6 is 0 Å². The van der Waals surface area contributed by atoms with Crippen molar-refractivity contribution in [3.05, 3.63) is 35.9 Å². The molecule has 2 fully saturated rings. The molecule has 3 rings (SSSR count). The van der Waals surface area contributed by atoms with Gasteiger partial charge in [-0.25, -0.2) is 8.42 Å². The van der Waals surface area contributed by atoms with Crippen molar-refractivity contribution in [2.75, 3.05) is 26.2 Å². The maximum absolute atomic E-state index is 12.8. The minimum absolute atomic E-state index is 0.0294. The summed E-state index contributed by atoms with van der Waals surface area (Å²) in [4.78, 5) is 14.9. The van der Waals surface area contributed by atoms with Crippen molar-refractivity contribution in [1.82, 2.24) is 14.5 Å². The van der Waals surface area contributed by atoms with Gasteiger partial charge in [-0.3, -0.25) is 9.69 Å². The number of carbonyl (C=O) groups excluding carboxylic acids is 1. The highest BCUT2D eigenvalue weighted by Crippen LogP contribution is 2.29. The Morgan fingerprint density at radius 2 is 1.76 bits per heavy atom. The highest BCUT2D eigenvalue weighted by atomic mass is 32.2. The van der Waals surface area contributed by atoms with E-state index in [-0.39, 0.29) is 23.7 Å². The molecule has 0 radical (unpaired) electrons. The van der Waals surface area contributed by atoms with E-state index < -0.39 is 10.0 Å². The second-order valence-corrected chi connectivity index (χ2v) is 10.7. The van der Waals surface area contributed by atoms with Crippen LogP contribution in [0, 0.1) is 11.8 Å². The van der Waals surface area contributed by atoms with E-state index in [0.29, 0.717) is 38.0 Å². The standard InChI is InChI=1S/C22H35N3O3S/c1-17-8-7-11-21(18(17)2)23-22(26)19(3)24-12-14-25(15-13-24)29(27,28)16-20-9-5-4-6-10-20/h4-6,9-10,17-19,21H,7-8,11-16H2,1-3H3,(H,23,26)/t17-,18-,19-,21-/m1/s1. The SMILES string of the molecule is C[C@@H]1[C@H](C)CCC[C@H]1NC(=O)[C@@H](C)N1CCN(S(=O)(=O)Cc2ccccc2)CC1. The molecule has 162 valence electrons. The molecular formula is C22H35N3O3S. The normalized spacial score (nSPS) is 28.0. The van der Waals surface area contributed by atoms with Crippen molar-refractivity contribution in [3.63, 3.8) is 0 Å². The topological polar surface area (TPSA) is 69.7 Å². The molecule has 2 aliphatic rings. The zero-order valence-corrected chi connectivity index (χ0v) is 18.7. The molecule has 1 aromatic carbocycles. The lowest BCUT2D eigenvalue weighted by molar-refractivity contribution is -0.127. The molecule has 1 N–H and O–H groups in total. The molecule has 0 bridgehead atoms. The molecule has 1 saturated carbocycles. The third kappa shape index (κ3) is 5.58. The van der Waals surface area contributed by atoms with Crippen LogP contribution in [0.1, 0.15) is 45.6 Å². The Morgan fingerprint density at radius 1 is 1.10 bits per heavy atom. The maximum Gasteiger partial charge on any atom is 0.237 e. The van der Waals surface area contributed by atoms with Crippen LogP contribution in [0.25, 0.3) is 0 Å². The first-order valence-electron chi connectivity index (χ1n) is 10.8. The number of sulfonamides is 1. The van der Waals surface area contributed by atoms with Gasteiger partial charge in [0.2, 0.25) is 15.9 Å². The largest absolute Gasteiger partial charge is 0.352 e. The van der Waals surface area contributed by atoms with Gasteiger partial charge in [0.15, 0.2) is 0 Å². The average Bonchev–Trinajstić information content (AvgIpc) is 2.71. The van der Waals surface area contributed by atoms with Crippen molar-refractivity contribution < 1.29 is 13.2 Å². The summed E-state index contributed by atoms with van der Waals surface area (Å²) >= 11 is 0. The van der Waals surface area contributed by atoms with Crippen LogP contribution < -0.4 is 5.32 Å². The number of nitrogens with one attached hydrogen (secondary N) is 1. The molecule has 1 amide bonds. The van der Waals surface area contributed by atoms with E-state index in [1.807, 2.05) is 37.3 Å². The molecule has 0 unspecified atom stereocenters. The molecule has 0 spiro atoms. The zero-order chi connectivity index (χ0) is 21.0. The van der Waals surface area contributed by atoms with Gasteiger partial charge in [0.05, 0.1) is 11.8 Å². The van der Waals surface area contributed by atoms with Crippen LogP contribution in [0.15, 0.2) is 30.3 Å². The number of hydrogen-bond acceptors (Lipinski definition) is 4. The summed E-state index contributed by atoms with van der Waals surface area (Å²) in [6, 6.07) is 9.30. The van der Waals surface area contributed by atoms with Crippen molar-refractivity contribution >= 4 is 15.9 Å². The van der Waals surface area contributed by atoms with Crippen LogP contribution in [0.4, 0.5) is 0 Å². The average molecular weight is 422 g/mol. The second kappa shape index (κ2) is 9.58. The Morgan fingerprint density at radius 3 is 2.41 bits per heavy atom. The van der Waals surface area contributed by atoms with Gasteiger partial charge in [-0.15, -0.1) is 0 Å². The lowest BCUT2D eigenvalue weighted by atomic mass is 9.78. The van der Waals surface area contributed by atoms with Crippen LogP contribution in [0.5, 0.6) is 0 Å². The summed E-state index contributed by atoms with van der Waals surface area (Å²) in [6.07, 6.45) is 3.46. The summed E-state index contributed by atoms with van der Waals surface area (Å²) < 4.78 is 27.0.